The molecule has 90 valence electrons. The van der Waals surface area contributed by atoms with Gasteiger partial charge in [0.05, 0.1) is 0 Å². The van der Waals surface area contributed by atoms with Gasteiger partial charge < -0.3 is 0 Å². The fourth-order valence-corrected chi connectivity index (χ4v) is 1.67. The van der Waals surface area contributed by atoms with Gasteiger partial charge in [0.25, 0.3) is 0 Å². The fraction of sp³-hybridized carbons (Fsp3) is 0.400. The predicted molar refractivity (Wildman–Crippen MR) is 55.9 cm³/mol. The molecule has 0 aromatic heterocycles. The predicted octanol–water partition coefficient (Wildman–Crippen LogP) is 2.49. The third-order valence-electron chi connectivity index (χ3n) is 2.15. The summed E-state index contributed by atoms with van der Waals surface area (Å²) in [5.41, 5.74) is 0.855. The topological polar surface area (TPSA) is 54.4 Å². The van der Waals surface area contributed by atoms with Gasteiger partial charge in [-0.2, -0.15) is 17.2 Å². The van der Waals surface area contributed by atoms with Crippen LogP contribution in [0, 0.1) is 0 Å². The van der Waals surface area contributed by atoms with Crippen LogP contribution in [-0.2, 0) is 16.5 Å². The summed E-state index contributed by atoms with van der Waals surface area (Å²) in [7, 11) is -5.29. The maximum atomic E-state index is 12.8. The van der Waals surface area contributed by atoms with E-state index in [1.54, 1.807) is 30.3 Å². The van der Waals surface area contributed by atoms with Crippen LogP contribution in [0.15, 0.2) is 30.3 Å². The van der Waals surface area contributed by atoms with Gasteiger partial charge in [-0.15, -0.1) is 0 Å². The first-order valence-electron chi connectivity index (χ1n) is 4.72. The lowest BCUT2D eigenvalue weighted by Crippen LogP contribution is -2.28. The Morgan fingerprint density at radius 1 is 1.19 bits per heavy atom. The first kappa shape index (κ1) is 13.1. The average molecular weight is 250 g/mol. The molecule has 16 heavy (non-hydrogen) atoms. The Hall–Kier alpha value is -1.01. The third kappa shape index (κ3) is 3.53. The maximum absolute atomic E-state index is 12.8. The van der Waals surface area contributed by atoms with Crippen LogP contribution in [0.4, 0.5) is 8.78 Å². The minimum Gasteiger partial charge on any atom is -0.281 e. The summed E-state index contributed by atoms with van der Waals surface area (Å²) in [5.74, 6) is 0. The SMILES string of the molecule is O=S(=O)(O)C(F)(F)CCCc1ccccc1. The van der Waals surface area contributed by atoms with Crippen LogP contribution in [0.2, 0.25) is 0 Å². The summed E-state index contributed by atoms with van der Waals surface area (Å²) in [6.45, 7) is 0. The van der Waals surface area contributed by atoms with Crippen LogP contribution >= 0.6 is 0 Å². The van der Waals surface area contributed by atoms with Crippen molar-refractivity contribution in [3.8, 4) is 0 Å². The molecule has 0 unspecified atom stereocenters. The highest BCUT2D eigenvalue weighted by molar-refractivity contribution is 7.86. The summed E-state index contributed by atoms with van der Waals surface area (Å²) in [4.78, 5) is 0. The fourth-order valence-electron chi connectivity index (χ4n) is 1.27. The molecule has 0 saturated carbocycles. The molecular formula is C10H12F2O3S. The Kier molecular flexibility index (Phi) is 3.98. The van der Waals surface area contributed by atoms with E-state index in [1.807, 2.05) is 0 Å². The summed E-state index contributed by atoms with van der Waals surface area (Å²) in [6.07, 6.45) is -0.524. The molecule has 1 N–H and O–H groups in total. The second-order valence-corrected chi connectivity index (χ2v) is 5.00. The molecule has 1 aromatic rings. The largest absolute Gasteiger partial charge is 0.370 e. The Morgan fingerprint density at radius 2 is 1.75 bits per heavy atom. The van der Waals surface area contributed by atoms with Crippen molar-refractivity contribution in [1.82, 2.24) is 0 Å². The van der Waals surface area contributed by atoms with E-state index >= 15 is 0 Å². The van der Waals surface area contributed by atoms with Gasteiger partial charge in [0.15, 0.2) is 0 Å². The maximum Gasteiger partial charge on any atom is 0.370 e. The van der Waals surface area contributed by atoms with Gasteiger partial charge in [-0.25, -0.2) is 0 Å². The Labute approximate surface area is 92.9 Å². The van der Waals surface area contributed by atoms with Gasteiger partial charge >= 0.3 is 15.4 Å². The zero-order valence-electron chi connectivity index (χ0n) is 8.44. The van der Waals surface area contributed by atoms with E-state index < -0.39 is 21.8 Å². The van der Waals surface area contributed by atoms with E-state index in [2.05, 4.69) is 0 Å². The molecule has 0 aliphatic heterocycles. The van der Waals surface area contributed by atoms with Gasteiger partial charge in [0, 0.05) is 6.42 Å². The highest BCUT2D eigenvalue weighted by atomic mass is 32.2. The summed E-state index contributed by atoms with van der Waals surface area (Å²) in [6, 6.07) is 8.89. The molecule has 0 atom stereocenters. The molecule has 0 saturated heterocycles. The highest BCUT2D eigenvalue weighted by Gasteiger charge is 2.42. The van der Waals surface area contributed by atoms with Gasteiger partial charge in [-0.1, -0.05) is 30.3 Å². The van der Waals surface area contributed by atoms with Crippen LogP contribution in [0.1, 0.15) is 18.4 Å². The summed E-state index contributed by atoms with van der Waals surface area (Å²) < 4.78 is 54.5. The molecule has 0 spiro atoms. The number of hydrogen-bond acceptors (Lipinski definition) is 2. The van der Waals surface area contributed by atoms with Crippen LogP contribution in [-0.4, -0.2) is 18.2 Å². The van der Waals surface area contributed by atoms with Crippen LogP contribution in [0.5, 0.6) is 0 Å². The van der Waals surface area contributed by atoms with E-state index in [0.29, 0.717) is 6.42 Å². The second-order valence-electron chi connectivity index (χ2n) is 3.45. The minimum atomic E-state index is -5.29. The van der Waals surface area contributed by atoms with Crippen LogP contribution in [0.3, 0.4) is 0 Å². The van der Waals surface area contributed by atoms with Gasteiger partial charge in [0.1, 0.15) is 0 Å². The number of aryl methyl sites for hydroxylation is 1. The molecule has 0 aliphatic rings. The highest BCUT2D eigenvalue weighted by Crippen LogP contribution is 2.26. The molecule has 1 aromatic carbocycles. The molecule has 0 fully saturated rings. The molecule has 0 amide bonds. The summed E-state index contributed by atoms with van der Waals surface area (Å²) >= 11 is 0. The Balaban J connectivity index is 2.48. The van der Waals surface area contributed by atoms with E-state index in [0.717, 1.165) is 5.56 Å². The van der Waals surface area contributed by atoms with Gasteiger partial charge in [-0.05, 0) is 18.4 Å². The van der Waals surface area contributed by atoms with E-state index in [4.69, 9.17) is 4.55 Å². The Bertz CT molecular complexity index is 429. The van der Waals surface area contributed by atoms with E-state index in [-0.39, 0.29) is 6.42 Å². The first-order chi connectivity index (χ1) is 7.33. The quantitative estimate of drug-likeness (QED) is 0.817. The molecular weight excluding hydrogens is 238 g/mol. The molecule has 0 heterocycles. The zero-order chi connectivity index (χ0) is 12.2. The van der Waals surface area contributed by atoms with Crippen molar-refractivity contribution in [2.75, 3.05) is 0 Å². The number of hydrogen-bond donors (Lipinski definition) is 1. The van der Waals surface area contributed by atoms with Crippen molar-refractivity contribution >= 4 is 10.1 Å². The monoisotopic (exact) mass is 250 g/mol. The van der Waals surface area contributed by atoms with Crippen LogP contribution in [0.25, 0.3) is 0 Å². The summed E-state index contributed by atoms with van der Waals surface area (Å²) in [5, 5.41) is -4.05. The lowest BCUT2D eigenvalue weighted by molar-refractivity contribution is 0.0692. The van der Waals surface area contributed by atoms with Crippen molar-refractivity contribution in [2.45, 2.75) is 24.5 Å². The number of benzene rings is 1. The minimum absolute atomic E-state index is 0.00317. The molecule has 0 radical (unpaired) electrons. The van der Waals surface area contributed by atoms with Gasteiger partial charge in [0.2, 0.25) is 0 Å². The normalized spacial score (nSPS) is 12.7. The molecule has 0 bridgehead atoms. The van der Waals surface area contributed by atoms with Crippen molar-refractivity contribution in [3.05, 3.63) is 35.9 Å². The third-order valence-corrected chi connectivity index (χ3v) is 3.11. The van der Waals surface area contributed by atoms with Crippen molar-refractivity contribution in [3.63, 3.8) is 0 Å². The van der Waals surface area contributed by atoms with Gasteiger partial charge in [-0.3, -0.25) is 4.55 Å². The van der Waals surface area contributed by atoms with E-state index in [1.165, 1.54) is 0 Å². The van der Waals surface area contributed by atoms with Crippen LogP contribution < -0.4 is 0 Å². The van der Waals surface area contributed by atoms with E-state index in [9.17, 15) is 17.2 Å². The van der Waals surface area contributed by atoms with Crippen molar-refractivity contribution < 1.29 is 21.8 Å². The molecule has 6 heteroatoms. The number of alkyl halides is 2. The van der Waals surface area contributed by atoms with Crippen molar-refractivity contribution in [2.24, 2.45) is 0 Å². The molecule has 0 aliphatic carbocycles. The molecule has 1 rings (SSSR count). The average Bonchev–Trinajstić information content (AvgIpc) is 2.17. The standard InChI is InChI=1S/C10H12F2O3S/c11-10(12,16(13,14)15)8-4-7-9-5-2-1-3-6-9/h1-3,5-6H,4,7-8H2,(H,13,14,15). The first-order valence-corrected chi connectivity index (χ1v) is 6.16. The second kappa shape index (κ2) is 4.88. The smallest absolute Gasteiger partial charge is 0.281 e. The zero-order valence-corrected chi connectivity index (χ0v) is 9.25. The Morgan fingerprint density at radius 3 is 2.25 bits per heavy atom. The van der Waals surface area contributed by atoms with Crippen molar-refractivity contribution in [1.29, 1.82) is 0 Å². The lowest BCUT2D eigenvalue weighted by Gasteiger charge is -2.12. The lowest BCUT2D eigenvalue weighted by atomic mass is 10.1. The number of halogens is 2. The number of rotatable bonds is 5. The molecule has 3 nitrogen and oxygen atoms in total.